The van der Waals surface area contributed by atoms with E-state index in [0.717, 1.165) is 4.47 Å². The number of ether oxygens (including phenoxy) is 1. The van der Waals surface area contributed by atoms with Gasteiger partial charge in [0.25, 0.3) is 0 Å². The zero-order valence-corrected chi connectivity index (χ0v) is 10.00. The smallest absolute Gasteiger partial charge is 0.311 e. The highest BCUT2D eigenvalue weighted by Crippen LogP contribution is 2.30. The van der Waals surface area contributed by atoms with Crippen molar-refractivity contribution in [1.82, 2.24) is 0 Å². The van der Waals surface area contributed by atoms with Gasteiger partial charge in [-0.1, -0.05) is 28.4 Å². The summed E-state index contributed by atoms with van der Waals surface area (Å²) in [5.74, 6) is 1.07. The van der Waals surface area contributed by atoms with E-state index in [2.05, 4.69) is 15.9 Å². The summed E-state index contributed by atoms with van der Waals surface area (Å²) >= 11 is 3.34. The summed E-state index contributed by atoms with van der Waals surface area (Å²) in [6, 6.07) is 7.36. The molecular weight excluding hydrogens is 256 g/mol. The predicted molar refractivity (Wildman–Crippen MR) is 61.7 cm³/mol. The minimum atomic E-state index is -0.113. The van der Waals surface area contributed by atoms with Crippen LogP contribution in [0.4, 0.5) is 0 Å². The van der Waals surface area contributed by atoms with E-state index in [1.807, 2.05) is 12.1 Å². The number of carbonyl (C=O) groups excluding carboxylic acids is 1. The largest absolute Gasteiger partial charge is 0.426 e. The van der Waals surface area contributed by atoms with Crippen LogP contribution in [0.1, 0.15) is 25.7 Å². The van der Waals surface area contributed by atoms with Crippen molar-refractivity contribution in [3.8, 4) is 5.75 Å². The second-order valence-corrected chi connectivity index (χ2v) is 4.85. The van der Waals surface area contributed by atoms with Gasteiger partial charge in [-0.3, -0.25) is 4.79 Å². The van der Waals surface area contributed by atoms with Crippen LogP contribution < -0.4 is 4.74 Å². The molecule has 1 saturated carbocycles. The maximum absolute atomic E-state index is 11.5. The van der Waals surface area contributed by atoms with Gasteiger partial charge in [0.1, 0.15) is 5.75 Å². The molecule has 0 N–H and O–H groups in total. The van der Waals surface area contributed by atoms with Gasteiger partial charge in [0.15, 0.2) is 0 Å². The van der Waals surface area contributed by atoms with E-state index in [1.54, 1.807) is 12.1 Å². The Morgan fingerprint density at radius 3 is 2.87 bits per heavy atom. The fourth-order valence-corrected chi connectivity index (χ4v) is 2.01. The van der Waals surface area contributed by atoms with E-state index in [4.69, 9.17) is 4.74 Å². The van der Waals surface area contributed by atoms with E-state index in [1.165, 1.54) is 19.3 Å². The lowest BCUT2D eigenvalue weighted by molar-refractivity contribution is -0.136. The van der Waals surface area contributed by atoms with Gasteiger partial charge in [-0.2, -0.15) is 0 Å². The molecule has 80 valence electrons. The number of rotatable bonds is 3. The van der Waals surface area contributed by atoms with Crippen LogP contribution in [0.5, 0.6) is 5.75 Å². The molecule has 15 heavy (non-hydrogen) atoms. The van der Waals surface area contributed by atoms with Gasteiger partial charge in [-0.25, -0.2) is 0 Å². The van der Waals surface area contributed by atoms with Crippen LogP contribution >= 0.6 is 15.9 Å². The fourth-order valence-electron chi connectivity index (χ4n) is 1.64. The summed E-state index contributed by atoms with van der Waals surface area (Å²) in [5.41, 5.74) is 0. The molecule has 0 heterocycles. The third-order valence-electron chi connectivity index (χ3n) is 2.71. The number of esters is 1. The van der Waals surface area contributed by atoms with E-state index in [0.29, 0.717) is 18.1 Å². The van der Waals surface area contributed by atoms with E-state index in [-0.39, 0.29) is 5.97 Å². The summed E-state index contributed by atoms with van der Waals surface area (Å²) in [6.45, 7) is 0. The molecule has 1 aromatic carbocycles. The quantitative estimate of drug-likeness (QED) is 0.619. The van der Waals surface area contributed by atoms with Gasteiger partial charge in [0.05, 0.1) is 0 Å². The van der Waals surface area contributed by atoms with Crippen LogP contribution in [0.25, 0.3) is 0 Å². The Morgan fingerprint density at radius 2 is 2.27 bits per heavy atom. The Labute approximate surface area is 97.8 Å². The molecule has 1 fully saturated rings. The molecule has 2 nitrogen and oxygen atoms in total. The molecule has 3 heteroatoms. The Balaban J connectivity index is 1.87. The minimum absolute atomic E-state index is 0.113. The Hall–Kier alpha value is -0.830. The molecule has 0 aliphatic heterocycles. The molecule has 1 aromatic rings. The molecule has 0 amide bonds. The van der Waals surface area contributed by atoms with Crippen LogP contribution in [-0.2, 0) is 4.79 Å². The van der Waals surface area contributed by atoms with Gasteiger partial charge in [0.2, 0.25) is 0 Å². The minimum Gasteiger partial charge on any atom is -0.426 e. The van der Waals surface area contributed by atoms with Gasteiger partial charge in [0, 0.05) is 10.9 Å². The fraction of sp³-hybridized carbons (Fsp3) is 0.417. The number of benzene rings is 1. The van der Waals surface area contributed by atoms with Crippen molar-refractivity contribution in [3.63, 3.8) is 0 Å². The second-order valence-electron chi connectivity index (χ2n) is 3.93. The number of carbonyl (C=O) groups is 1. The lowest BCUT2D eigenvalue weighted by Crippen LogP contribution is -2.19. The molecule has 0 unspecified atom stereocenters. The van der Waals surface area contributed by atoms with Crippen LogP contribution in [0.15, 0.2) is 28.7 Å². The van der Waals surface area contributed by atoms with Gasteiger partial charge in [-0.15, -0.1) is 0 Å². The van der Waals surface area contributed by atoms with Crippen molar-refractivity contribution in [2.75, 3.05) is 0 Å². The van der Waals surface area contributed by atoms with Gasteiger partial charge in [-0.05, 0) is 37.0 Å². The first-order valence-electron chi connectivity index (χ1n) is 5.20. The molecule has 0 aromatic heterocycles. The first kappa shape index (κ1) is 10.7. The lowest BCUT2D eigenvalue weighted by Gasteiger charge is -2.23. The van der Waals surface area contributed by atoms with Crippen molar-refractivity contribution in [2.24, 2.45) is 5.92 Å². The molecule has 0 bridgehead atoms. The SMILES string of the molecule is O=C(CC1CCC1)Oc1cccc(Br)c1. The highest BCUT2D eigenvalue weighted by atomic mass is 79.9. The number of halogens is 1. The Bertz CT molecular complexity index is 358. The maximum atomic E-state index is 11.5. The molecule has 1 aliphatic carbocycles. The summed E-state index contributed by atoms with van der Waals surface area (Å²) < 4.78 is 6.16. The first-order chi connectivity index (χ1) is 7.24. The normalized spacial score (nSPS) is 15.8. The lowest BCUT2D eigenvalue weighted by atomic mass is 9.83. The number of hydrogen-bond donors (Lipinski definition) is 0. The maximum Gasteiger partial charge on any atom is 0.311 e. The van der Waals surface area contributed by atoms with Gasteiger partial charge < -0.3 is 4.74 Å². The molecule has 0 saturated heterocycles. The van der Waals surface area contributed by atoms with Crippen molar-refractivity contribution in [2.45, 2.75) is 25.7 Å². The van der Waals surface area contributed by atoms with Crippen LogP contribution in [-0.4, -0.2) is 5.97 Å². The Morgan fingerprint density at radius 1 is 1.47 bits per heavy atom. The predicted octanol–water partition coefficient (Wildman–Crippen LogP) is 3.54. The molecule has 2 rings (SSSR count). The van der Waals surface area contributed by atoms with Crippen LogP contribution in [0.3, 0.4) is 0 Å². The first-order valence-corrected chi connectivity index (χ1v) is 5.99. The topological polar surface area (TPSA) is 26.3 Å². The van der Waals surface area contributed by atoms with E-state index < -0.39 is 0 Å². The van der Waals surface area contributed by atoms with E-state index in [9.17, 15) is 4.79 Å². The molecule has 0 atom stereocenters. The number of hydrogen-bond acceptors (Lipinski definition) is 2. The standard InChI is InChI=1S/C12H13BrO2/c13-10-5-2-6-11(8-10)15-12(14)7-9-3-1-4-9/h2,5-6,8-9H,1,3-4,7H2. The average Bonchev–Trinajstić information content (AvgIpc) is 2.11. The highest BCUT2D eigenvalue weighted by Gasteiger charge is 2.21. The zero-order valence-electron chi connectivity index (χ0n) is 8.41. The van der Waals surface area contributed by atoms with Gasteiger partial charge >= 0.3 is 5.97 Å². The summed E-state index contributed by atoms with van der Waals surface area (Å²) in [5, 5.41) is 0. The van der Waals surface area contributed by atoms with Crippen LogP contribution in [0, 0.1) is 5.92 Å². The highest BCUT2D eigenvalue weighted by molar-refractivity contribution is 9.10. The third kappa shape index (κ3) is 3.06. The zero-order chi connectivity index (χ0) is 10.7. The van der Waals surface area contributed by atoms with Crippen LogP contribution in [0.2, 0.25) is 0 Å². The van der Waals surface area contributed by atoms with Crippen molar-refractivity contribution >= 4 is 21.9 Å². The molecule has 0 radical (unpaired) electrons. The second kappa shape index (κ2) is 4.79. The summed E-state index contributed by atoms with van der Waals surface area (Å²) in [4.78, 5) is 11.5. The molecule has 1 aliphatic rings. The van der Waals surface area contributed by atoms with Crippen molar-refractivity contribution < 1.29 is 9.53 Å². The molecular formula is C12H13BrO2. The summed E-state index contributed by atoms with van der Waals surface area (Å²) in [7, 11) is 0. The third-order valence-corrected chi connectivity index (χ3v) is 3.20. The van der Waals surface area contributed by atoms with Crippen molar-refractivity contribution in [3.05, 3.63) is 28.7 Å². The Kier molecular flexibility index (Phi) is 3.41. The average molecular weight is 269 g/mol. The summed E-state index contributed by atoms with van der Waals surface area (Å²) in [6.07, 6.45) is 4.17. The monoisotopic (exact) mass is 268 g/mol. The van der Waals surface area contributed by atoms with Crippen molar-refractivity contribution in [1.29, 1.82) is 0 Å². The molecule has 0 spiro atoms. The van der Waals surface area contributed by atoms with E-state index >= 15 is 0 Å².